The summed E-state index contributed by atoms with van der Waals surface area (Å²) in [6, 6.07) is 6.25. The number of rotatable bonds is 3. The second kappa shape index (κ2) is 5.49. The lowest BCUT2D eigenvalue weighted by molar-refractivity contribution is 0.949. The molecule has 1 saturated heterocycles. The highest BCUT2D eigenvalue weighted by molar-refractivity contribution is 5.87. The largest absolute Gasteiger partial charge is 0.371 e. The van der Waals surface area contributed by atoms with Gasteiger partial charge in [-0.2, -0.15) is 0 Å². The molecule has 1 aliphatic heterocycles. The first-order valence-corrected chi connectivity index (χ1v) is 7.09. The molecular formula is C16H20N4. The van der Waals surface area contributed by atoms with E-state index in [1.54, 1.807) is 0 Å². The summed E-state index contributed by atoms with van der Waals surface area (Å²) >= 11 is 0. The molecular weight excluding hydrogens is 248 g/mol. The fourth-order valence-corrected chi connectivity index (χ4v) is 2.80. The molecule has 0 aliphatic carbocycles. The summed E-state index contributed by atoms with van der Waals surface area (Å²) in [5.41, 5.74) is 3.67. The Morgan fingerprint density at radius 3 is 2.35 bits per heavy atom. The third-order valence-corrected chi connectivity index (χ3v) is 3.75. The van der Waals surface area contributed by atoms with Crippen LogP contribution >= 0.6 is 0 Å². The van der Waals surface area contributed by atoms with E-state index in [2.05, 4.69) is 38.0 Å². The minimum atomic E-state index is 1.01. The van der Waals surface area contributed by atoms with Gasteiger partial charge in [-0.05, 0) is 36.6 Å². The van der Waals surface area contributed by atoms with Crippen LogP contribution in [0.3, 0.4) is 0 Å². The lowest BCUT2D eigenvalue weighted by Crippen LogP contribution is -2.20. The molecule has 104 valence electrons. The van der Waals surface area contributed by atoms with Crippen LogP contribution in [0.1, 0.15) is 12.8 Å². The van der Waals surface area contributed by atoms with E-state index in [1.165, 1.54) is 29.7 Å². The predicted molar refractivity (Wildman–Crippen MR) is 83.2 cm³/mol. The van der Waals surface area contributed by atoms with Crippen molar-refractivity contribution in [2.24, 2.45) is 0 Å². The van der Waals surface area contributed by atoms with Gasteiger partial charge in [0.15, 0.2) is 0 Å². The highest BCUT2D eigenvalue weighted by Gasteiger charge is 2.20. The fourth-order valence-electron chi connectivity index (χ4n) is 2.80. The molecule has 3 heterocycles. The lowest BCUT2D eigenvalue weighted by atomic mass is 10.0. The van der Waals surface area contributed by atoms with Gasteiger partial charge in [-0.15, -0.1) is 0 Å². The van der Waals surface area contributed by atoms with Gasteiger partial charge in [0.05, 0.1) is 0 Å². The molecule has 0 N–H and O–H groups in total. The average Bonchev–Trinajstić information content (AvgIpc) is 3.01. The summed E-state index contributed by atoms with van der Waals surface area (Å²) in [5.74, 6) is 1.01. The third-order valence-electron chi connectivity index (χ3n) is 3.75. The molecule has 0 aromatic carbocycles. The van der Waals surface area contributed by atoms with E-state index in [0.29, 0.717) is 0 Å². The van der Waals surface area contributed by atoms with Crippen molar-refractivity contribution >= 4 is 11.5 Å². The van der Waals surface area contributed by atoms with Crippen molar-refractivity contribution in [3.05, 3.63) is 36.8 Å². The molecule has 0 bridgehead atoms. The zero-order chi connectivity index (χ0) is 13.9. The van der Waals surface area contributed by atoms with Gasteiger partial charge >= 0.3 is 0 Å². The Hall–Kier alpha value is -2.10. The number of anilines is 2. The number of pyridine rings is 2. The SMILES string of the molecule is CN(C)c1nccc(N2CCCC2)c1-c1ccncc1. The first kappa shape index (κ1) is 12.9. The molecule has 3 rings (SSSR count). The van der Waals surface area contributed by atoms with Crippen LogP contribution in [0.25, 0.3) is 11.1 Å². The molecule has 2 aromatic heterocycles. The molecule has 20 heavy (non-hydrogen) atoms. The molecule has 0 unspecified atom stereocenters. The standard InChI is InChI=1S/C16H20N4/c1-19(2)16-15(13-5-8-17-9-6-13)14(7-10-18-16)20-11-3-4-12-20/h5-10H,3-4,11-12H2,1-2H3. The van der Waals surface area contributed by atoms with Crippen molar-refractivity contribution in [3.63, 3.8) is 0 Å². The van der Waals surface area contributed by atoms with Gasteiger partial charge in [0.25, 0.3) is 0 Å². The maximum atomic E-state index is 4.57. The summed E-state index contributed by atoms with van der Waals surface area (Å²) in [7, 11) is 4.08. The van der Waals surface area contributed by atoms with E-state index < -0.39 is 0 Å². The van der Waals surface area contributed by atoms with Crippen molar-refractivity contribution in [1.29, 1.82) is 0 Å². The van der Waals surface area contributed by atoms with Crippen LogP contribution in [0.15, 0.2) is 36.8 Å². The summed E-state index contributed by atoms with van der Waals surface area (Å²) in [4.78, 5) is 13.2. The Balaban J connectivity index is 2.17. The Morgan fingerprint density at radius 2 is 1.70 bits per heavy atom. The van der Waals surface area contributed by atoms with Crippen LogP contribution in [0.2, 0.25) is 0 Å². The molecule has 0 atom stereocenters. The zero-order valence-corrected chi connectivity index (χ0v) is 12.1. The van der Waals surface area contributed by atoms with Gasteiger partial charge in [0, 0.05) is 57.0 Å². The first-order valence-electron chi connectivity index (χ1n) is 7.09. The number of nitrogens with zero attached hydrogens (tertiary/aromatic N) is 4. The highest BCUT2D eigenvalue weighted by Crippen LogP contribution is 2.38. The average molecular weight is 268 g/mol. The van der Waals surface area contributed by atoms with Gasteiger partial charge in [-0.25, -0.2) is 4.98 Å². The predicted octanol–water partition coefficient (Wildman–Crippen LogP) is 2.81. The van der Waals surface area contributed by atoms with Crippen LogP contribution in [0.5, 0.6) is 0 Å². The van der Waals surface area contributed by atoms with Crippen molar-refractivity contribution in [2.45, 2.75) is 12.8 Å². The third kappa shape index (κ3) is 2.33. The summed E-state index contributed by atoms with van der Waals surface area (Å²) in [5, 5.41) is 0. The summed E-state index contributed by atoms with van der Waals surface area (Å²) in [6.07, 6.45) is 8.14. The minimum absolute atomic E-state index is 1.01. The first-order chi connectivity index (χ1) is 9.77. The molecule has 1 fully saturated rings. The molecule has 0 radical (unpaired) electrons. The van der Waals surface area contributed by atoms with E-state index in [4.69, 9.17) is 0 Å². The van der Waals surface area contributed by atoms with Crippen LogP contribution in [-0.2, 0) is 0 Å². The molecule has 1 aliphatic rings. The van der Waals surface area contributed by atoms with Crippen molar-refractivity contribution in [1.82, 2.24) is 9.97 Å². The monoisotopic (exact) mass is 268 g/mol. The van der Waals surface area contributed by atoms with E-state index in [9.17, 15) is 0 Å². The Labute approximate surface area is 120 Å². The van der Waals surface area contributed by atoms with E-state index >= 15 is 0 Å². The molecule has 4 heteroatoms. The Morgan fingerprint density at radius 1 is 1.00 bits per heavy atom. The number of aromatic nitrogens is 2. The van der Waals surface area contributed by atoms with Gasteiger partial charge in [-0.1, -0.05) is 0 Å². The van der Waals surface area contributed by atoms with Gasteiger partial charge in [0.1, 0.15) is 5.82 Å². The molecule has 0 amide bonds. The van der Waals surface area contributed by atoms with Crippen LogP contribution in [0.4, 0.5) is 11.5 Å². The molecule has 4 nitrogen and oxygen atoms in total. The Kier molecular flexibility index (Phi) is 3.54. The molecule has 0 saturated carbocycles. The number of hydrogen-bond acceptors (Lipinski definition) is 4. The van der Waals surface area contributed by atoms with Crippen molar-refractivity contribution < 1.29 is 0 Å². The van der Waals surface area contributed by atoms with Gasteiger partial charge in [-0.3, -0.25) is 4.98 Å². The van der Waals surface area contributed by atoms with Crippen LogP contribution in [-0.4, -0.2) is 37.2 Å². The van der Waals surface area contributed by atoms with Gasteiger partial charge < -0.3 is 9.80 Å². The summed E-state index contributed by atoms with van der Waals surface area (Å²) < 4.78 is 0. The maximum absolute atomic E-state index is 4.57. The summed E-state index contributed by atoms with van der Waals surface area (Å²) in [6.45, 7) is 2.27. The maximum Gasteiger partial charge on any atom is 0.137 e. The topological polar surface area (TPSA) is 32.3 Å². The molecule has 0 spiro atoms. The normalized spacial score (nSPS) is 14.6. The fraction of sp³-hybridized carbons (Fsp3) is 0.375. The lowest BCUT2D eigenvalue weighted by Gasteiger charge is -2.25. The van der Waals surface area contributed by atoms with Gasteiger partial charge in [0.2, 0.25) is 0 Å². The molecule has 2 aromatic rings. The second-order valence-electron chi connectivity index (χ2n) is 5.35. The van der Waals surface area contributed by atoms with Crippen LogP contribution < -0.4 is 9.80 Å². The number of hydrogen-bond donors (Lipinski definition) is 0. The van der Waals surface area contributed by atoms with Crippen molar-refractivity contribution in [3.8, 4) is 11.1 Å². The van der Waals surface area contributed by atoms with E-state index in [0.717, 1.165) is 18.9 Å². The Bertz CT molecular complexity index is 574. The highest BCUT2D eigenvalue weighted by atomic mass is 15.2. The minimum Gasteiger partial charge on any atom is -0.371 e. The zero-order valence-electron chi connectivity index (χ0n) is 12.1. The van der Waals surface area contributed by atoms with Crippen LogP contribution in [0, 0.1) is 0 Å². The van der Waals surface area contributed by atoms with E-state index in [1.807, 2.05) is 32.7 Å². The second-order valence-corrected chi connectivity index (χ2v) is 5.35. The van der Waals surface area contributed by atoms with Crippen molar-refractivity contribution in [2.75, 3.05) is 37.0 Å². The quantitative estimate of drug-likeness (QED) is 0.857. The smallest absolute Gasteiger partial charge is 0.137 e. The van der Waals surface area contributed by atoms with E-state index in [-0.39, 0.29) is 0 Å².